The van der Waals surface area contributed by atoms with Crippen LogP contribution in [-0.2, 0) is 21.5 Å². The Kier molecular flexibility index (Phi) is 6.23. The SMILES string of the molecule is C[C@@H](CCc1ccccc1)NC(=O)CN1C(=O)N[C@](C)(c2ccccc2Cl)C1=O. The van der Waals surface area contributed by atoms with E-state index in [-0.39, 0.29) is 18.5 Å². The van der Waals surface area contributed by atoms with E-state index in [1.54, 1.807) is 31.2 Å². The molecular formula is C22H24ClN3O3. The van der Waals surface area contributed by atoms with Crippen LogP contribution in [0.3, 0.4) is 0 Å². The van der Waals surface area contributed by atoms with Gasteiger partial charge in [0, 0.05) is 16.6 Å². The zero-order chi connectivity index (χ0) is 21.0. The molecule has 0 aliphatic carbocycles. The fourth-order valence-corrected chi connectivity index (χ4v) is 3.78. The molecule has 0 unspecified atom stereocenters. The normalized spacial score (nSPS) is 19.8. The molecule has 1 heterocycles. The summed E-state index contributed by atoms with van der Waals surface area (Å²) in [5.41, 5.74) is 0.395. The summed E-state index contributed by atoms with van der Waals surface area (Å²) in [6.07, 6.45) is 1.59. The molecule has 0 aromatic heterocycles. The summed E-state index contributed by atoms with van der Waals surface area (Å²) in [6, 6.07) is 16.1. The molecule has 6 nitrogen and oxygen atoms in total. The number of amides is 4. The maximum atomic E-state index is 12.9. The number of nitrogens with one attached hydrogen (secondary N) is 2. The van der Waals surface area contributed by atoms with Crippen LogP contribution in [0.25, 0.3) is 0 Å². The molecule has 1 fully saturated rings. The highest BCUT2D eigenvalue weighted by molar-refractivity contribution is 6.32. The van der Waals surface area contributed by atoms with Crippen molar-refractivity contribution in [1.82, 2.24) is 15.5 Å². The Morgan fingerprint density at radius 3 is 2.48 bits per heavy atom. The van der Waals surface area contributed by atoms with Gasteiger partial charge in [0.05, 0.1) is 0 Å². The molecule has 1 saturated heterocycles. The molecule has 152 valence electrons. The van der Waals surface area contributed by atoms with Gasteiger partial charge in [-0.05, 0) is 38.3 Å². The summed E-state index contributed by atoms with van der Waals surface area (Å²) in [4.78, 5) is 38.7. The first-order valence-corrected chi connectivity index (χ1v) is 9.91. The molecule has 2 aromatic carbocycles. The lowest BCUT2D eigenvalue weighted by Crippen LogP contribution is -2.45. The van der Waals surface area contributed by atoms with E-state index >= 15 is 0 Å². The fraction of sp³-hybridized carbons (Fsp3) is 0.318. The van der Waals surface area contributed by atoms with Crippen molar-refractivity contribution in [1.29, 1.82) is 0 Å². The highest BCUT2D eigenvalue weighted by atomic mass is 35.5. The quantitative estimate of drug-likeness (QED) is 0.684. The van der Waals surface area contributed by atoms with E-state index in [1.165, 1.54) is 5.56 Å². The third-order valence-corrected chi connectivity index (χ3v) is 5.44. The van der Waals surface area contributed by atoms with Crippen molar-refractivity contribution in [2.75, 3.05) is 6.54 Å². The molecular weight excluding hydrogens is 390 g/mol. The van der Waals surface area contributed by atoms with Crippen LogP contribution in [0.4, 0.5) is 4.79 Å². The van der Waals surface area contributed by atoms with Gasteiger partial charge in [-0.25, -0.2) is 4.79 Å². The van der Waals surface area contributed by atoms with Gasteiger partial charge in [-0.15, -0.1) is 0 Å². The summed E-state index contributed by atoms with van der Waals surface area (Å²) < 4.78 is 0. The number of imide groups is 1. The molecule has 0 radical (unpaired) electrons. The van der Waals surface area contributed by atoms with E-state index in [0.717, 1.165) is 17.7 Å². The zero-order valence-corrected chi connectivity index (χ0v) is 17.2. The van der Waals surface area contributed by atoms with E-state index in [9.17, 15) is 14.4 Å². The second kappa shape index (κ2) is 8.66. The second-order valence-corrected chi connectivity index (χ2v) is 7.83. The second-order valence-electron chi connectivity index (χ2n) is 7.42. The van der Waals surface area contributed by atoms with Gasteiger partial charge >= 0.3 is 6.03 Å². The maximum absolute atomic E-state index is 12.9. The molecule has 0 bridgehead atoms. The van der Waals surface area contributed by atoms with Crippen molar-refractivity contribution in [3.8, 4) is 0 Å². The predicted molar refractivity (Wildman–Crippen MR) is 111 cm³/mol. The van der Waals surface area contributed by atoms with Crippen molar-refractivity contribution in [3.05, 3.63) is 70.7 Å². The minimum atomic E-state index is -1.30. The molecule has 0 spiro atoms. The molecule has 0 saturated carbocycles. The third-order valence-electron chi connectivity index (χ3n) is 5.11. The number of urea groups is 1. The van der Waals surface area contributed by atoms with Crippen LogP contribution in [0.5, 0.6) is 0 Å². The number of hydrogen-bond donors (Lipinski definition) is 2. The van der Waals surface area contributed by atoms with Crippen molar-refractivity contribution < 1.29 is 14.4 Å². The van der Waals surface area contributed by atoms with Gasteiger partial charge in [-0.2, -0.15) is 0 Å². The third kappa shape index (κ3) is 4.59. The fourth-order valence-electron chi connectivity index (χ4n) is 3.45. The number of carbonyl (C=O) groups excluding carboxylic acids is 3. The van der Waals surface area contributed by atoms with Gasteiger partial charge in [0.25, 0.3) is 5.91 Å². The summed E-state index contributed by atoms with van der Waals surface area (Å²) >= 11 is 6.21. The number of benzene rings is 2. The lowest BCUT2D eigenvalue weighted by molar-refractivity contribution is -0.135. The van der Waals surface area contributed by atoms with Gasteiger partial charge in [0.1, 0.15) is 12.1 Å². The van der Waals surface area contributed by atoms with Crippen LogP contribution >= 0.6 is 11.6 Å². The molecule has 3 rings (SSSR count). The highest BCUT2D eigenvalue weighted by Gasteiger charge is 2.50. The lowest BCUT2D eigenvalue weighted by atomic mass is 9.92. The van der Waals surface area contributed by atoms with Crippen LogP contribution in [-0.4, -0.2) is 35.3 Å². The standard InChI is InChI=1S/C22H24ClN3O3/c1-15(12-13-16-8-4-3-5-9-16)24-19(27)14-26-20(28)22(2,25-21(26)29)17-10-6-7-11-18(17)23/h3-11,15H,12-14H2,1-2H3,(H,24,27)(H,25,29)/t15-,22+/m0/s1. The number of carbonyl (C=O) groups is 3. The smallest absolute Gasteiger partial charge is 0.325 e. The van der Waals surface area contributed by atoms with Crippen LogP contribution in [0.2, 0.25) is 5.02 Å². The molecule has 1 aliphatic heterocycles. The number of nitrogens with zero attached hydrogens (tertiary/aromatic N) is 1. The zero-order valence-electron chi connectivity index (χ0n) is 16.4. The Morgan fingerprint density at radius 2 is 1.79 bits per heavy atom. The monoisotopic (exact) mass is 413 g/mol. The number of rotatable bonds is 7. The Labute approximate surface area is 175 Å². The number of aryl methyl sites for hydroxylation is 1. The van der Waals surface area contributed by atoms with Gasteiger partial charge < -0.3 is 10.6 Å². The van der Waals surface area contributed by atoms with Gasteiger partial charge in [0.15, 0.2) is 0 Å². The lowest BCUT2D eigenvalue weighted by Gasteiger charge is -2.23. The first-order chi connectivity index (χ1) is 13.8. The van der Waals surface area contributed by atoms with E-state index in [1.807, 2.05) is 37.3 Å². The Hall–Kier alpha value is -2.86. The van der Waals surface area contributed by atoms with E-state index in [0.29, 0.717) is 10.6 Å². The first kappa shape index (κ1) is 20.9. The van der Waals surface area contributed by atoms with Crippen molar-refractivity contribution in [3.63, 3.8) is 0 Å². The topological polar surface area (TPSA) is 78.5 Å². The minimum Gasteiger partial charge on any atom is -0.352 e. The Bertz CT molecular complexity index is 919. The van der Waals surface area contributed by atoms with Crippen LogP contribution in [0.15, 0.2) is 54.6 Å². The van der Waals surface area contributed by atoms with Crippen LogP contribution in [0.1, 0.15) is 31.4 Å². The number of hydrogen-bond acceptors (Lipinski definition) is 3. The van der Waals surface area contributed by atoms with Crippen molar-refractivity contribution >= 4 is 29.4 Å². The van der Waals surface area contributed by atoms with Crippen molar-refractivity contribution in [2.24, 2.45) is 0 Å². The first-order valence-electron chi connectivity index (χ1n) is 9.53. The van der Waals surface area contributed by atoms with E-state index in [4.69, 9.17) is 11.6 Å². The molecule has 4 amide bonds. The van der Waals surface area contributed by atoms with Gasteiger partial charge in [0.2, 0.25) is 5.91 Å². The molecule has 2 aromatic rings. The average Bonchev–Trinajstić information content (AvgIpc) is 2.91. The minimum absolute atomic E-state index is 0.0848. The highest BCUT2D eigenvalue weighted by Crippen LogP contribution is 2.33. The predicted octanol–water partition coefficient (Wildman–Crippen LogP) is 3.24. The molecule has 1 aliphatic rings. The van der Waals surface area contributed by atoms with E-state index < -0.39 is 17.5 Å². The largest absolute Gasteiger partial charge is 0.352 e. The molecule has 29 heavy (non-hydrogen) atoms. The van der Waals surface area contributed by atoms with Crippen LogP contribution in [0, 0.1) is 0 Å². The molecule has 2 N–H and O–H groups in total. The summed E-state index contributed by atoms with van der Waals surface area (Å²) in [5, 5.41) is 5.90. The van der Waals surface area contributed by atoms with Crippen LogP contribution < -0.4 is 10.6 Å². The Morgan fingerprint density at radius 1 is 1.14 bits per heavy atom. The molecule has 2 atom stereocenters. The Balaban J connectivity index is 1.59. The summed E-state index contributed by atoms with van der Waals surface area (Å²) in [7, 11) is 0. The van der Waals surface area contributed by atoms with E-state index in [2.05, 4.69) is 10.6 Å². The molecule has 7 heteroatoms. The number of halogens is 1. The summed E-state index contributed by atoms with van der Waals surface area (Å²) in [6.45, 7) is 3.16. The average molecular weight is 414 g/mol. The van der Waals surface area contributed by atoms with Gasteiger partial charge in [-0.1, -0.05) is 60.1 Å². The summed E-state index contributed by atoms with van der Waals surface area (Å²) in [5.74, 6) is -0.875. The van der Waals surface area contributed by atoms with Crippen molar-refractivity contribution in [2.45, 2.75) is 38.3 Å². The maximum Gasteiger partial charge on any atom is 0.325 e. The van der Waals surface area contributed by atoms with Gasteiger partial charge in [-0.3, -0.25) is 14.5 Å².